The number of rotatable bonds is 2. The van der Waals surface area contributed by atoms with E-state index in [9.17, 15) is 9.59 Å². The zero-order valence-corrected chi connectivity index (χ0v) is 16.2. The van der Waals surface area contributed by atoms with Crippen LogP contribution in [-0.2, 0) is 9.53 Å². The van der Waals surface area contributed by atoms with Gasteiger partial charge in [-0.15, -0.1) is 0 Å². The lowest BCUT2D eigenvalue weighted by molar-refractivity contribution is -0.142. The summed E-state index contributed by atoms with van der Waals surface area (Å²) < 4.78 is 11.3. The monoisotopic (exact) mass is 380 g/mol. The van der Waals surface area contributed by atoms with Gasteiger partial charge < -0.3 is 19.3 Å². The number of amides is 2. The summed E-state index contributed by atoms with van der Waals surface area (Å²) in [4.78, 5) is 29.7. The quantitative estimate of drug-likeness (QED) is 0.804. The van der Waals surface area contributed by atoms with E-state index in [0.717, 1.165) is 11.1 Å². The van der Waals surface area contributed by atoms with E-state index >= 15 is 0 Å². The van der Waals surface area contributed by atoms with Gasteiger partial charge in [0.15, 0.2) is 6.10 Å². The van der Waals surface area contributed by atoms with Crippen molar-refractivity contribution in [2.75, 3.05) is 37.7 Å². The summed E-state index contributed by atoms with van der Waals surface area (Å²) >= 11 is 0. The Bertz CT molecular complexity index is 885. The molecular formula is C22H24N2O4. The van der Waals surface area contributed by atoms with E-state index in [1.165, 1.54) is 0 Å². The Morgan fingerprint density at radius 3 is 2.39 bits per heavy atom. The molecule has 2 aliphatic heterocycles. The van der Waals surface area contributed by atoms with Crippen LogP contribution in [0.4, 0.5) is 5.69 Å². The lowest BCUT2D eigenvalue weighted by Gasteiger charge is -2.37. The van der Waals surface area contributed by atoms with Crippen LogP contribution in [0, 0.1) is 13.8 Å². The van der Waals surface area contributed by atoms with Gasteiger partial charge in [-0.1, -0.05) is 29.3 Å². The molecule has 0 saturated carbocycles. The Hall–Kier alpha value is -2.86. The Kier molecular flexibility index (Phi) is 5.05. The summed E-state index contributed by atoms with van der Waals surface area (Å²) in [7, 11) is 0. The normalized spacial score (nSPS) is 19.0. The van der Waals surface area contributed by atoms with Crippen LogP contribution in [0.1, 0.15) is 21.5 Å². The third-order valence-corrected chi connectivity index (χ3v) is 5.09. The Morgan fingerprint density at radius 1 is 1.00 bits per heavy atom. The van der Waals surface area contributed by atoms with Gasteiger partial charge in [0, 0.05) is 18.7 Å². The van der Waals surface area contributed by atoms with Gasteiger partial charge in [-0.2, -0.15) is 0 Å². The fraction of sp³-hybridized carbons (Fsp3) is 0.364. The molecule has 146 valence electrons. The number of fused-ring (bicyclic) bond motifs is 1. The third-order valence-electron chi connectivity index (χ3n) is 5.09. The van der Waals surface area contributed by atoms with E-state index < -0.39 is 6.10 Å². The van der Waals surface area contributed by atoms with E-state index in [1.54, 1.807) is 15.9 Å². The van der Waals surface area contributed by atoms with Gasteiger partial charge >= 0.3 is 0 Å². The molecule has 0 unspecified atom stereocenters. The Balaban J connectivity index is 1.65. The molecule has 1 fully saturated rings. The summed E-state index contributed by atoms with van der Waals surface area (Å²) in [5, 5.41) is 0. The number of hydrogen-bond donors (Lipinski definition) is 0. The molecule has 2 aromatic carbocycles. The molecular weight excluding hydrogens is 356 g/mol. The lowest BCUT2D eigenvalue weighted by atomic mass is 10.0. The zero-order valence-electron chi connectivity index (χ0n) is 16.2. The van der Waals surface area contributed by atoms with E-state index in [1.807, 2.05) is 50.2 Å². The van der Waals surface area contributed by atoms with Crippen molar-refractivity contribution >= 4 is 17.5 Å². The predicted molar refractivity (Wildman–Crippen MR) is 106 cm³/mol. The zero-order chi connectivity index (χ0) is 19.7. The molecule has 0 radical (unpaired) electrons. The van der Waals surface area contributed by atoms with Crippen molar-refractivity contribution < 1.29 is 19.1 Å². The van der Waals surface area contributed by atoms with Gasteiger partial charge in [-0.25, -0.2) is 0 Å². The molecule has 4 rings (SSSR count). The number of carbonyl (C=O) groups is 2. The van der Waals surface area contributed by atoms with Gasteiger partial charge in [-0.3, -0.25) is 9.59 Å². The molecule has 2 heterocycles. The van der Waals surface area contributed by atoms with Gasteiger partial charge in [-0.05, 0) is 38.1 Å². The lowest BCUT2D eigenvalue weighted by Crippen LogP contribution is -2.54. The van der Waals surface area contributed by atoms with Crippen molar-refractivity contribution in [3.63, 3.8) is 0 Å². The smallest absolute Gasteiger partial charge is 0.265 e. The van der Waals surface area contributed by atoms with Crippen LogP contribution in [0.25, 0.3) is 0 Å². The highest BCUT2D eigenvalue weighted by atomic mass is 16.5. The van der Waals surface area contributed by atoms with Crippen LogP contribution in [-0.4, -0.2) is 55.7 Å². The number of nitrogens with zero attached hydrogens (tertiary/aromatic N) is 2. The second-order valence-corrected chi connectivity index (χ2v) is 7.30. The van der Waals surface area contributed by atoms with Crippen LogP contribution in [0.3, 0.4) is 0 Å². The van der Waals surface area contributed by atoms with E-state index in [0.29, 0.717) is 43.3 Å². The fourth-order valence-corrected chi connectivity index (χ4v) is 3.80. The SMILES string of the molecule is Cc1cc(C)cc(C(=O)N2C[C@H](C(=O)N3CCOCC3)Oc3ccccc32)c1. The van der Waals surface area contributed by atoms with Gasteiger partial charge in [0.2, 0.25) is 0 Å². The highest BCUT2D eigenvalue weighted by molar-refractivity contribution is 6.08. The number of morpholine rings is 1. The van der Waals surface area contributed by atoms with Crippen molar-refractivity contribution in [3.8, 4) is 5.75 Å². The number of aryl methyl sites for hydroxylation is 2. The maximum absolute atomic E-state index is 13.3. The average molecular weight is 380 g/mol. The number of para-hydroxylation sites is 2. The van der Waals surface area contributed by atoms with Crippen LogP contribution < -0.4 is 9.64 Å². The van der Waals surface area contributed by atoms with Crippen LogP contribution in [0.2, 0.25) is 0 Å². The van der Waals surface area contributed by atoms with Crippen molar-refractivity contribution in [2.45, 2.75) is 20.0 Å². The molecule has 0 aliphatic carbocycles. The van der Waals surface area contributed by atoms with Gasteiger partial charge in [0.05, 0.1) is 25.4 Å². The maximum atomic E-state index is 13.3. The van der Waals surface area contributed by atoms with Crippen molar-refractivity contribution in [2.24, 2.45) is 0 Å². The number of hydrogen-bond acceptors (Lipinski definition) is 4. The molecule has 2 aliphatic rings. The van der Waals surface area contributed by atoms with Crippen molar-refractivity contribution in [1.29, 1.82) is 0 Å². The van der Waals surface area contributed by atoms with Crippen LogP contribution in [0.5, 0.6) is 5.75 Å². The molecule has 0 N–H and O–H groups in total. The number of benzene rings is 2. The van der Waals surface area contributed by atoms with E-state index in [2.05, 4.69) is 0 Å². The van der Waals surface area contributed by atoms with Gasteiger partial charge in [0.25, 0.3) is 11.8 Å². The largest absolute Gasteiger partial charge is 0.476 e. The molecule has 1 saturated heterocycles. The summed E-state index contributed by atoms with van der Waals surface area (Å²) in [6.45, 7) is 6.29. The third kappa shape index (κ3) is 3.60. The minimum absolute atomic E-state index is 0.101. The highest BCUT2D eigenvalue weighted by Gasteiger charge is 2.36. The summed E-state index contributed by atoms with van der Waals surface area (Å²) in [5.41, 5.74) is 3.38. The van der Waals surface area contributed by atoms with Crippen molar-refractivity contribution in [1.82, 2.24) is 4.90 Å². The molecule has 2 aromatic rings. The maximum Gasteiger partial charge on any atom is 0.265 e. The second-order valence-electron chi connectivity index (χ2n) is 7.30. The predicted octanol–water partition coefficient (Wildman–Crippen LogP) is 2.57. The summed E-state index contributed by atoms with van der Waals surface area (Å²) in [6, 6.07) is 13.2. The molecule has 28 heavy (non-hydrogen) atoms. The molecule has 0 bridgehead atoms. The Labute approximate surface area is 164 Å². The van der Waals surface area contributed by atoms with Gasteiger partial charge in [0.1, 0.15) is 5.75 Å². The molecule has 1 atom stereocenters. The van der Waals surface area contributed by atoms with E-state index in [-0.39, 0.29) is 18.4 Å². The molecule has 2 amide bonds. The van der Waals surface area contributed by atoms with E-state index in [4.69, 9.17) is 9.47 Å². The first-order valence-electron chi connectivity index (χ1n) is 9.55. The molecule has 0 aromatic heterocycles. The standard InChI is InChI=1S/C22H24N2O4/c1-15-11-16(2)13-17(12-15)21(25)24-14-20(22(26)23-7-9-27-10-8-23)28-19-6-4-3-5-18(19)24/h3-6,11-13,20H,7-10,14H2,1-2H3/t20-/m1/s1. The highest BCUT2D eigenvalue weighted by Crippen LogP contribution is 2.34. The first-order chi connectivity index (χ1) is 13.5. The molecule has 6 nitrogen and oxygen atoms in total. The first-order valence-corrected chi connectivity index (χ1v) is 9.55. The van der Waals surface area contributed by atoms with Crippen molar-refractivity contribution in [3.05, 3.63) is 59.2 Å². The topological polar surface area (TPSA) is 59.1 Å². The number of anilines is 1. The minimum Gasteiger partial charge on any atom is -0.476 e. The average Bonchev–Trinajstić information content (AvgIpc) is 2.71. The first kappa shape index (κ1) is 18.5. The Morgan fingerprint density at radius 2 is 1.68 bits per heavy atom. The van der Waals surface area contributed by atoms with Crippen LogP contribution in [0.15, 0.2) is 42.5 Å². The molecule has 0 spiro atoms. The summed E-state index contributed by atoms with van der Waals surface area (Å²) in [5.74, 6) is 0.330. The molecule has 6 heteroatoms. The fourth-order valence-electron chi connectivity index (χ4n) is 3.80. The number of carbonyl (C=O) groups excluding carboxylic acids is 2. The summed E-state index contributed by atoms with van der Waals surface area (Å²) in [6.07, 6.45) is -0.720. The number of ether oxygens (including phenoxy) is 2. The second kappa shape index (κ2) is 7.64. The minimum atomic E-state index is -0.720. The van der Waals surface area contributed by atoms with Crippen LogP contribution >= 0.6 is 0 Å².